The summed E-state index contributed by atoms with van der Waals surface area (Å²) in [6, 6.07) is 21.9. The van der Waals surface area contributed by atoms with Crippen LogP contribution in [0.1, 0.15) is 12.5 Å². The highest BCUT2D eigenvalue weighted by molar-refractivity contribution is 9.10. The topological polar surface area (TPSA) is 88.1 Å². The smallest absolute Gasteiger partial charge is 0.264 e. The highest BCUT2D eigenvalue weighted by Crippen LogP contribution is 2.25. The number of amides is 1. The van der Waals surface area contributed by atoms with Crippen molar-refractivity contribution in [1.29, 1.82) is 0 Å². The Hall–Kier alpha value is -3.17. The van der Waals surface area contributed by atoms with Gasteiger partial charge in [-0.2, -0.15) is 5.10 Å². The van der Waals surface area contributed by atoms with Crippen molar-refractivity contribution in [2.24, 2.45) is 5.10 Å². The maximum absolute atomic E-state index is 13.2. The van der Waals surface area contributed by atoms with Crippen LogP contribution in [0, 0.1) is 0 Å². The van der Waals surface area contributed by atoms with Crippen molar-refractivity contribution in [2.45, 2.75) is 11.8 Å². The van der Waals surface area contributed by atoms with Crippen LogP contribution in [-0.4, -0.2) is 33.7 Å². The molecule has 7 nitrogen and oxygen atoms in total. The van der Waals surface area contributed by atoms with Gasteiger partial charge in [0.25, 0.3) is 15.9 Å². The van der Waals surface area contributed by atoms with Crippen molar-refractivity contribution >= 4 is 43.8 Å². The van der Waals surface area contributed by atoms with Crippen molar-refractivity contribution in [2.75, 3.05) is 17.5 Å². The summed E-state index contributed by atoms with van der Waals surface area (Å²) in [6.45, 7) is 2.05. The molecule has 3 aromatic rings. The first-order valence-corrected chi connectivity index (χ1v) is 12.0. The van der Waals surface area contributed by atoms with Crippen LogP contribution >= 0.6 is 15.9 Å². The largest absolute Gasteiger partial charge is 0.494 e. The van der Waals surface area contributed by atoms with Crippen LogP contribution in [0.2, 0.25) is 0 Å². The van der Waals surface area contributed by atoms with Gasteiger partial charge in [0.2, 0.25) is 0 Å². The van der Waals surface area contributed by atoms with Crippen LogP contribution in [0.3, 0.4) is 0 Å². The summed E-state index contributed by atoms with van der Waals surface area (Å²) >= 11 is 3.34. The summed E-state index contributed by atoms with van der Waals surface area (Å²) in [4.78, 5) is 12.6. The molecule has 166 valence electrons. The Morgan fingerprint density at radius 3 is 2.31 bits per heavy atom. The molecule has 3 aromatic carbocycles. The third kappa shape index (κ3) is 6.18. The number of ether oxygens (including phenoxy) is 1. The molecule has 0 saturated carbocycles. The van der Waals surface area contributed by atoms with Gasteiger partial charge >= 0.3 is 0 Å². The average molecular weight is 516 g/mol. The number of benzene rings is 3. The van der Waals surface area contributed by atoms with E-state index in [-0.39, 0.29) is 4.90 Å². The van der Waals surface area contributed by atoms with Crippen LogP contribution < -0.4 is 14.5 Å². The molecule has 0 fully saturated rings. The van der Waals surface area contributed by atoms with Gasteiger partial charge in [0.1, 0.15) is 12.3 Å². The summed E-state index contributed by atoms with van der Waals surface area (Å²) in [5, 5.41) is 3.94. The Kier molecular flexibility index (Phi) is 8.02. The van der Waals surface area contributed by atoms with Crippen molar-refractivity contribution in [3.63, 3.8) is 0 Å². The van der Waals surface area contributed by atoms with E-state index in [0.717, 1.165) is 20.1 Å². The number of hydrogen-bond donors (Lipinski definition) is 1. The number of carbonyl (C=O) groups excluding carboxylic acids is 1. The third-order valence-corrected chi connectivity index (χ3v) is 6.64. The molecule has 0 saturated heterocycles. The van der Waals surface area contributed by atoms with Gasteiger partial charge < -0.3 is 4.74 Å². The van der Waals surface area contributed by atoms with Gasteiger partial charge in [-0.1, -0.05) is 34.1 Å². The van der Waals surface area contributed by atoms with E-state index in [2.05, 4.69) is 26.5 Å². The number of halogens is 1. The highest BCUT2D eigenvalue weighted by Gasteiger charge is 2.27. The van der Waals surface area contributed by atoms with E-state index in [1.165, 1.54) is 18.3 Å². The second-order valence-electron chi connectivity index (χ2n) is 6.60. The van der Waals surface area contributed by atoms with Gasteiger partial charge in [-0.25, -0.2) is 13.8 Å². The van der Waals surface area contributed by atoms with Gasteiger partial charge in [-0.15, -0.1) is 0 Å². The number of rotatable bonds is 9. The normalized spacial score (nSPS) is 11.3. The van der Waals surface area contributed by atoms with E-state index in [9.17, 15) is 13.2 Å². The Labute approximate surface area is 195 Å². The van der Waals surface area contributed by atoms with Crippen LogP contribution in [0.5, 0.6) is 5.75 Å². The second kappa shape index (κ2) is 10.9. The fraction of sp³-hybridized carbons (Fsp3) is 0.130. The molecule has 0 heterocycles. The van der Waals surface area contributed by atoms with E-state index in [0.29, 0.717) is 12.3 Å². The quantitative estimate of drug-likeness (QED) is 0.341. The third-order valence-electron chi connectivity index (χ3n) is 4.33. The second-order valence-corrected chi connectivity index (χ2v) is 9.37. The SMILES string of the molecule is CCOc1ccc(/C=N\NC(=O)CN(c2ccc(Br)cc2)S(=O)(=O)c2ccccc2)cc1. The van der Waals surface area contributed by atoms with Crippen molar-refractivity contribution in [1.82, 2.24) is 5.43 Å². The van der Waals surface area contributed by atoms with E-state index >= 15 is 0 Å². The molecule has 9 heteroatoms. The van der Waals surface area contributed by atoms with Gasteiger partial charge in [0, 0.05) is 4.47 Å². The first kappa shape index (κ1) is 23.5. The number of carbonyl (C=O) groups is 1. The fourth-order valence-corrected chi connectivity index (χ4v) is 4.51. The minimum absolute atomic E-state index is 0.0913. The molecule has 0 aliphatic heterocycles. The first-order valence-electron chi connectivity index (χ1n) is 9.78. The summed E-state index contributed by atoms with van der Waals surface area (Å²) in [5.41, 5.74) is 3.51. The molecular weight excluding hydrogens is 494 g/mol. The summed E-state index contributed by atoms with van der Waals surface area (Å²) in [6.07, 6.45) is 1.48. The van der Waals surface area contributed by atoms with Crippen LogP contribution in [0.4, 0.5) is 5.69 Å². The van der Waals surface area contributed by atoms with E-state index in [1.54, 1.807) is 66.7 Å². The summed E-state index contributed by atoms with van der Waals surface area (Å²) in [5.74, 6) is 0.166. The monoisotopic (exact) mass is 515 g/mol. The first-order chi connectivity index (χ1) is 15.4. The van der Waals surface area contributed by atoms with Crippen molar-refractivity contribution in [3.05, 3.63) is 88.9 Å². The maximum atomic E-state index is 13.2. The Morgan fingerprint density at radius 1 is 1.03 bits per heavy atom. The zero-order chi connectivity index (χ0) is 23.0. The molecule has 0 atom stereocenters. The number of hydrazone groups is 1. The maximum Gasteiger partial charge on any atom is 0.264 e. The lowest BCUT2D eigenvalue weighted by atomic mass is 10.2. The number of nitrogens with zero attached hydrogens (tertiary/aromatic N) is 2. The zero-order valence-electron chi connectivity index (χ0n) is 17.3. The molecule has 0 aromatic heterocycles. The molecule has 32 heavy (non-hydrogen) atoms. The molecule has 1 amide bonds. The molecule has 0 spiro atoms. The summed E-state index contributed by atoms with van der Waals surface area (Å²) < 4.78 is 33.7. The van der Waals surface area contributed by atoms with Crippen molar-refractivity contribution in [3.8, 4) is 5.75 Å². The predicted octanol–water partition coefficient (Wildman–Crippen LogP) is 4.19. The van der Waals surface area contributed by atoms with E-state index < -0.39 is 22.5 Å². The molecule has 1 N–H and O–H groups in total. The molecule has 0 aliphatic carbocycles. The van der Waals surface area contributed by atoms with E-state index in [1.807, 2.05) is 6.92 Å². The Balaban J connectivity index is 1.75. The lowest BCUT2D eigenvalue weighted by Crippen LogP contribution is -2.39. The predicted molar refractivity (Wildman–Crippen MR) is 128 cm³/mol. The van der Waals surface area contributed by atoms with Crippen LogP contribution in [0.15, 0.2) is 93.3 Å². The molecule has 0 unspecified atom stereocenters. The summed E-state index contributed by atoms with van der Waals surface area (Å²) in [7, 11) is -3.96. The number of nitrogens with one attached hydrogen (secondary N) is 1. The molecule has 0 bridgehead atoms. The number of sulfonamides is 1. The van der Waals surface area contributed by atoms with Gasteiger partial charge in [-0.05, 0) is 73.2 Å². The Morgan fingerprint density at radius 2 is 1.69 bits per heavy atom. The number of anilines is 1. The van der Waals surface area contributed by atoms with Crippen LogP contribution in [0.25, 0.3) is 0 Å². The fourth-order valence-electron chi connectivity index (χ4n) is 2.80. The number of hydrogen-bond acceptors (Lipinski definition) is 5. The van der Waals surface area contributed by atoms with E-state index in [4.69, 9.17) is 4.74 Å². The standard InChI is InChI=1S/C23H22BrN3O4S/c1-2-31-21-14-8-18(9-15-21)16-25-26-23(28)17-27(20-12-10-19(24)11-13-20)32(29,30)22-6-4-3-5-7-22/h3-16H,2,17H2,1H3,(H,26,28)/b25-16-. The molecule has 0 aliphatic rings. The van der Waals surface area contributed by atoms with Crippen molar-refractivity contribution < 1.29 is 17.9 Å². The van der Waals surface area contributed by atoms with Gasteiger partial charge in [-0.3, -0.25) is 9.10 Å². The van der Waals surface area contributed by atoms with Gasteiger partial charge in [0.15, 0.2) is 0 Å². The van der Waals surface area contributed by atoms with Gasteiger partial charge in [0.05, 0.1) is 23.4 Å². The minimum atomic E-state index is -3.96. The highest BCUT2D eigenvalue weighted by atomic mass is 79.9. The minimum Gasteiger partial charge on any atom is -0.494 e. The molecular formula is C23H22BrN3O4S. The zero-order valence-corrected chi connectivity index (χ0v) is 19.7. The average Bonchev–Trinajstić information content (AvgIpc) is 2.80. The lowest BCUT2D eigenvalue weighted by molar-refractivity contribution is -0.119. The Bertz CT molecular complexity index is 1170. The lowest BCUT2D eigenvalue weighted by Gasteiger charge is -2.23. The molecule has 3 rings (SSSR count). The van der Waals surface area contributed by atoms with Crippen LogP contribution in [-0.2, 0) is 14.8 Å². The molecule has 0 radical (unpaired) electrons.